The van der Waals surface area contributed by atoms with Crippen LogP contribution in [0.2, 0.25) is 0 Å². The highest BCUT2D eigenvalue weighted by molar-refractivity contribution is 5.78. The number of amides is 2. The number of hydrogen-bond acceptors (Lipinski definition) is 5. The first-order valence-corrected chi connectivity index (χ1v) is 5.83. The van der Waals surface area contributed by atoms with Crippen molar-refractivity contribution in [2.45, 2.75) is 40.2 Å². The van der Waals surface area contributed by atoms with Crippen LogP contribution in [0.15, 0.2) is 0 Å². The Morgan fingerprint density at radius 1 is 1.11 bits per heavy atom. The summed E-state index contributed by atoms with van der Waals surface area (Å²) in [5.41, 5.74) is -0.417. The normalized spacial score (nSPS) is 10.9. The van der Waals surface area contributed by atoms with Crippen molar-refractivity contribution in [3.05, 3.63) is 0 Å². The number of carbonyl (C=O) groups excluding carboxylic acids is 2. The molecule has 0 heterocycles. The molecule has 18 heavy (non-hydrogen) atoms. The minimum Gasteiger partial charge on any atom is -0.439 e. The Labute approximate surface area is 107 Å². The number of alkyl carbamates (subject to hydrolysis) is 1. The molecule has 0 rings (SSSR count). The summed E-state index contributed by atoms with van der Waals surface area (Å²) in [4.78, 5) is 32.7. The van der Waals surface area contributed by atoms with Crippen LogP contribution in [0.3, 0.4) is 0 Å². The van der Waals surface area contributed by atoms with E-state index in [0.717, 1.165) is 5.23 Å². The van der Waals surface area contributed by atoms with Gasteiger partial charge in [0.25, 0.3) is 0 Å². The summed E-state index contributed by atoms with van der Waals surface area (Å²) < 4.78 is 4.75. The van der Waals surface area contributed by atoms with Crippen LogP contribution in [0.5, 0.6) is 0 Å². The molecule has 7 heteroatoms. The molecule has 0 spiro atoms. The molecular weight excluding hydrogens is 240 g/mol. The van der Waals surface area contributed by atoms with Gasteiger partial charge in [-0.2, -0.15) is 0 Å². The first-order chi connectivity index (χ1) is 8.30. The van der Waals surface area contributed by atoms with Crippen molar-refractivity contribution in [1.29, 1.82) is 0 Å². The van der Waals surface area contributed by atoms with E-state index >= 15 is 0 Å². The summed E-state index contributed by atoms with van der Waals surface area (Å²) >= 11 is 0. The summed E-state index contributed by atoms with van der Waals surface area (Å²) in [5.74, 6) is -0.581. The topological polar surface area (TPSA) is 77.1 Å². The van der Waals surface area contributed by atoms with Gasteiger partial charge in [-0.1, -0.05) is 5.23 Å². The summed E-state index contributed by atoms with van der Waals surface area (Å²) in [7, 11) is 0. The Morgan fingerprint density at radius 3 is 2.00 bits per heavy atom. The number of nitrogens with one attached hydrogen (secondary N) is 1. The Kier molecular flexibility index (Phi) is 7.30. The molecule has 0 radical (unpaired) electrons. The van der Waals surface area contributed by atoms with Gasteiger partial charge < -0.3 is 10.1 Å². The fraction of sp³-hybridized carbons (Fsp3) is 0.818. The lowest BCUT2D eigenvalue weighted by Crippen LogP contribution is -2.42. The molecule has 0 aromatic rings. The number of ether oxygens (including phenoxy) is 1. The second-order valence-electron chi connectivity index (χ2n) is 4.44. The molecule has 0 aromatic heterocycles. The largest absolute Gasteiger partial charge is 0.439 e. The van der Waals surface area contributed by atoms with Crippen LogP contribution in [0.1, 0.15) is 34.6 Å². The molecule has 0 aliphatic carbocycles. The Morgan fingerprint density at radius 2 is 1.61 bits per heavy atom. The lowest BCUT2D eigenvalue weighted by Gasteiger charge is -2.21. The molecule has 0 aliphatic heterocycles. The van der Waals surface area contributed by atoms with Gasteiger partial charge >= 0.3 is 12.0 Å². The minimum atomic E-state index is -0.663. The van der Waals surface area contributed by atoms with Gasteiger partial charge in [0.15, 0.2) is 6.61 Å². The van der Waals surface area contributed by atoms with E-state index in [0.29, 0.717) is 0 Å². The zero-order valence-corrected chi connectivity index (χ0v) is 11.6. The molecule has 0 fully saturated rings. The van der Waals surface area contributed by atoms with Crippen molar-refractivity contribution < 1.29 is 24.0 Å². The van der Waals surface area contributed by atoms with E-state index in [1.165, 1.54) is 0 Å². The first kappa shape index (κ1) is 16.7. The van der Waals surface area contributed by atoms with Gasteiger partial charge in [0.2, 0.25) is 0 Å². The van der Waals surface area contributed by atoms with E-state index < -0.39 is 24.1 Å². The highest BCUT2D eigenvalue weighted by atomic mass is 17.0. The molecule has 106 valence electrons. The van der Waals surface area contributed by atoms with Crippen molar-refractivity contribution in [2.75, 3.05) is 19.8 Å². The highest BCUT2D eigenvalue weighted by Crippen LogP contribution is 2.00. The third-order valence-electron chi connectivity index (χ3n) is 1.50. The predicted octanol–water partition coefficient (Wildman–Crippen LogP) is 1.24. The zero-order valence-electron chi connectivity index (χ0n) is 11.6. The van der Waals surface area contributed by atoms with Crippen molar-refractivity contribution in [3.63, 3.8) is 0 Å². The molecule has 0 saturated heterocycles. The van der Waals surface area contributed by atoms with Gasteiger partial charge in [-0.15, -0.1) is 0 Å². The minimum absolute atomic E-state index is 0.278. The fourth-order valence-electron chi connectivity index (χ4n) is 0.938. The third-order valence-corrected chi connectivity index (χ3v) is 1.50. The SMILES string of the molecule is CCON(OCC)C(=O)COC(=O)NC(C)(C)C. The van der Waals surface area contributed by atoms with E-state index in [-0.39, 0.29) is 13.2 Å². The van der Waals surface area contributed by atoms with Gasteiger partial charge in [0, 0.05) is 5.54 Å². The number of carbonyl (C=O) groups is 2. The van der Waals surface area contributed by atoms with E-state index in [2.05, 4.69) is 5.32 Å². The monoisotopic (exact) mass is 262 g/mol. The fourth-order valence-corrected chi connectivity index (χ4v) is 0.938. The highest BCUT2D eigenvalue weighted by Gasteiger charge is 2.19. The Hall–Kier alpha value is -1.34. The summed E-state index contributed by atoms with van der Waals surface area (Å²) in [6.07, 6.45) is -0.663. The lowest BCUT2D eigenvalue weighted by atomic mass is 10.1. The average Bonchev–Trinajstić information content (AvgIpc) is 2.23. The number of nitrogens with zero attached hydrogens (tertiary/aromatic N) is 1. The summed E-state index contributed by atoms with van der Waals surface area (Å²) in [5, 5.41) is 3.29. The summed E-state index contributed by atoms with van der Waals surface area (Å²) in [6.45, 7) is 8.97. The average molecular weight is 262 g/mol. The van der Waals surface area contributed by atoms with Crippen LogP contribution in [0.25, 0.3) is 0 Å². The molecular formula is C11H22N2O5. The van der Waals surface area contributed by atoms with Crippen LogP contribution in [0.4, 0.5) is 4.79 Å². The van der Waals surface area contributed by atoms with Crippen molar-refractivity contribution in [1.82, 2.24) is 10.5 Å². The molecule has 0 unspecified atom stereocenters. The smallest absolute Gasteiger partial charge is 0.408 e. The van der Waals surface area contributed by atoms with Crippen LogP contribution in [0, 0.1) is 0 Å². The molecule has 0 atom stereocenters. The van der Waals surface area contributed by atoms with Gasteiger partial charge in [-0.05, 0) is 34.6 Å². The maximum Gasteiger partial charge on any atom is 0.408 e. The third kappa shape index (κ3) is 7.86. The van der Waals surface area contributed by atoms with E-state index in [1.54, 1.807) is 13.8 Å². The van der Waals surface area contributed by atoms with E-state index in [9.17, 15) is 9.59 Å². The van der Waals surface area contributed by atoms with Gasteiger partial charge in [0.05, 0.1) is 13.2 Å². The molecule has 0 aliphatic rings. The first-order valence-electron chi connectivity index (χ1n) is 5.83. The second kappa shape index (κ2) is 7.88. The summed E-state index contributed by atoms with van der Waals surface area (Å²) in [6, 6.07) is 0. The van der Waals surface area contributed by atoms with Crippen molar-refractivity contribution in [3.8, 4) is 0 Å². The lowest BCUT2D eigenvalue weighted by molar-refractivity contribution is -0.339. The standard InChI is InChI=1S/C11H22N2O5/c1-6-17-13(18-7-2)9(14)8-16-10(15)12-11(3,4)5/h6-8H2,1-5H3,(H,12,15). The molecule has 0 saturated carbocycles. The maximum absolute atomic E-state index is 11.6. The van der Waals surface area contributed by atoms with E-state index in [1.807, 2.05) is 20.8 Å². The van der Waals surface area contributed by atoms with Crippen molar-refractivity contribution >= 4 is 12.0 Å². The molecule has 7 nitrogen and oxygen atoms in total. The quantitative estimate of drug-likeness (QED) is 0.729. The van der Waals surface area contributed by atoms with Crippen LogP contribution in [-0.4, -0.2) is 42.6 Å². The molecule has 1 N–H and O–H groups in total. The number of hydroxylamine groups is 2. The van der Waals surface area contributed by atoms with Crippen LogP contribution < -0.4 is 5.32 Å². The second-order valence-corrected chi connectivity index (χ2v) is 4.44. The predicted molar refractivity (Wildman–Crippen MR) is 64.3 cm³/mol. The van der Waals surface area contributed by atoms with Crippen LogP contribution in [-0.2, 0) is 19.2 Å². The van der Waals surface area contributed by atoms with Gasteiger partial charge in [-0.3, -0.25) is 4.79 Å². The van der Waals surface area contributed by atoms with Gasteiger partial charge in [0.1, 0.15) is 0 Å². The van der Waals surface area contributed by atoms with E-state index in [4.69, 9.17) is 14.4 Å². The van der Waals surface area contributed by atoms with Crippen LogP contribution >= 0.6 is 0 Å². The number of rotatable bonds is 6. The maximum atomic E-state index is 11.6. The van der Waals surface area contributed by atoms with Crippen molar-refractivity contribution in [2.24, 2.45) is 0 Å². The zero-order chi connectivity index (χ0) is 14.2. The molecule has 0 bridgehead atoms. The Balaban J connectivity index is 4.10. The Bertz CT molecular complexity index is 269. The van der Waals surface area contributed by atoms with Gasteiger partial charge in [-0.25, -0.2) is 14.5 Å². The molecule has 0 aromatic carbocycles. The molecule has 2 amide bonds. The number of hydrogen-bond donors (Lipinski definition) is 1.